The Hall–Kier alpha value is -1.59. The Kier molecular flexibility index (Phi) is 5.59. The molecule has 21 heavy (non-hydrogen) atoms. The molecule has 0 fully saturated rings. The monoisotopic (exact) mass is 364 g/mol. The van der Waals surface area contributed by atoms with Crippen LogP contribution in [0.2, 0.25) is 0 Å². The minimum absolute atomic E-state index is 0.238. The number of Topliss-reactive ketones (excluding diaryl/α,β-unsaturated/α-hetero) is 1. The molecule has 0 N–H and O–H groups in total. The molecule has 0 unspecified atom stereocenters. The van der Waals surface area contributed by atoms with Gasteiger partial charge in [0.15, 0.2) is 6.61 Å². The summed E-state index contributed by atoms with van der Waals surface area (Å²) >= 11 is 4.77. The first-order valence-electron chi connectivity index (χ1n) is 6.21. The van der Waals surface area contributed by atoms with Crippen LogP contribution in [0.3, 0.4) is 0 Å². The Labute approximate surface area is 135 Å². The summed E-state index contributed by atoms with van der Waals surface area (Å²) in [6.45, 7) is -0.274. The fraction of sp³-hybridized carbons (Fsp3) is 0.125. The third-order valence-electron chi connectivity index (χ3n) is 2.84. The second-order valence-corrected chi connectivity index (χ2v) is 5.88. The molecule has 0 saturated heterocycles. The van der Waals surface area contributed by atoms with E-state index >= 15 is 0 Å². The van der Waals surface area contributed by atoms with E-state index in [1.54, 1.807) is 30.3 Å². The average Bonchev–Trinajstić information content (AvgIpc) is 2.52. The molecule has 2 aromatic rings. The van der Waals surface area contributed by atoms with Crippen molar-refractivity contribution in [2.45, 2.75) is 4.90 Å². The van der Waals surface area contributed by atoms with Gasteiger partial charge in [0.2, 0.25) is 5.78 Å². The summed E-state index contributed by atoms with van der Waals surface area (Å²) in [4.78, 5) is 24.9. The van der Waals surface area contributed by atoms with Crippen molar-refractivity contribution in [2.24, 2.45) is 0 Å². The molecule has 0 amide bonds. The van der Waals surface area contributed by atoms with E-state index in [2.05, 4.69) is 15.9 Å². The summed E-state index contributed by atoms with van der Waals surface area (Å²) in [7, 11) is 0. The van der Waals surface area contributed by atoms with Crippen molar-refractivity contribution in [3.8, 4) is 0 Å². The SMILES string of the molecule is CSc1ccccc1C(=O)OCC(=O)c1ccccc1Br. The van der Waals surface area contributed by atoms with Gasteiger partial charge in [0.05, 0.1) is 5.56 Å². The third-order valence-corrected chi connectivity index (χ3v) is 4.32. The molecule has 0 aromatic heterocycles. The van der Waals surface area contributed by atoms with E-state index in [9.17, 15) is 9.59 Å². The first-order valence-corrected chi connectivity index (χ1v) is 8.23. The van der Waals surface area contributed by atoms with Gasteiger partial charge < -0.3 is 4.74 Å². The quantitative estimate of drug-likeness (QED) is 0.452. The zero-order chi connectivity index (χ0) is 15.2. The summed E-state index contributed by atoms with van der Waals surface area (Å²) in [5.41, 5.74) is 0.980. The van der Waals surface area contributed by atoms with Crippen molar-refractivity contribution in [3.05, 3.63) is 64.1 Å². The fourth-order valence-corrected chi connectivity index (χ4v) is 2.88. The van der Waals surface area contributed by atoms with Gasteiger partial charge >= 0.3 is 5.97 Å². The Morgan fingerprint density at radius 2 is 1.67 bits per heavy atom. The number of carbonyl (C=O) groups is 2. The van der Waals surface area contributed by atoms with E-state index in [0.29, 0.717) is 15.6 Å². The average molecular weight is 365 g/mol. The second-order valence-electron chi connectivity index (χ2n) is 4.18. The standard InChI is InChI=1S/C16H13BrO3S/c1-21-15-9-5-3-7-12(15)16(19)20-10-14(18)11-6-2-4-8-13(11)17/h2-9H,10H2,1H3. The van der Waals surface area contributed by atoms with E-state index in [-0.39, 0.29) is 12.4 Å². The van der Waals surface area contributed by atoms with Gasteiger partial charge in [-0.05, 0) is 24.5 Å². The summed E-state index contributed by atoms with van der Waals surface area (Å²) in [6.07, 6.45) is 1.89. The number of thioether (sulfide) groups is 1. The van der Waals surface area contributed by atoms with Crippen molar-refractivity contribution in [3.63, 3.8) is 0 Å². The number of rotatable bonds is 5. The number of halogens is 1. The maximum Gasteiger partial charge on any atom is 0.339 e. The lowest BCUT2D eigenvalue weighted by molar-refractivity contribution is 0.0471. The Bertz CT molecular complexity index is 670. The first kappa shape index (κ1) is 15.8. The van der Waals surface area contributed by atoms with Crippen LogP contribution >= 0.6 is 27.7 Å². The Morgan fingerprint density at radius 3 is 2.33 bits per heavy atom. The van der Waals surface area contributed by atoms with Gasteiger partial charge in [0.25, 0.3) is 0 Å². The van der Waals surface area contributed by atoms with Crippen molar-refractivity contribution in [1.82, 2.24) is 0 Å². The molecule has 3 nitrogen and oxygen atoms in total. The summed E-state index contributed by atoms with van der Waals surface area (Å²) in [5.74, 6) is -0.724. The molecule has 0 bridgehead atoms. The van der Waals surface area contributed by atoms with Crippen LogP contribution in [0, 0.1) is 0 Å². The molecule has 0 aliphatic carbocycles. The first-order chi connectivity index (χ1) is 10.1. The zero-order valence-corrected chi connectivity index (χ0v) is 13.7. The van der Waals surface area contributed by atoms with Crippen LogP contribution in [-0.4, -0.2) is 24.6 Å². The van der Waals surface area contributed by atoms with E-state index in [4.69, 9.17) is 4.74 Å². The van der Waals surface area contributed by atoms with Gasteiger partial charge in [0, 0.05) is 14.9 Å². The number of ketones is 1. The van der Waals surface area contributed by atoms with Crippen molar-refractivity contribution in [1.29, 1.82) is 0 Å². The topological polar surface area (TPSA) is 43.4 Å². The molecule has 0 aliphatic heterocycles. The van der Waals surface area contributed by atoms with Crippen LogP contribution in [0.1, 0.15) is 20.7 Å². The highest BCUT2D eigenvalue weighted by molar-refractivity contribution is 9.10. The molecular formula is C16H13BrO3S. The predicted molar refractivity (Wildman–Crippen MR) is 87.0 cm³/mol. The molecule has 5 heteroatoms. The molecular weight excluding hydrogens is 352 g/mol. The highest BCUT2D eigenvalue weighted by Gasteiger charge is 2.15. The molecule has 0 atom stereocenters. The molecule has 0 heterocycles. The van der Waals surface area contributed by atoms with E-state index in [1.807, 2.05) is 24.5 Å². The van der Waals surface area contributed by atoms with Crippen LogP contribution in [-0.2, 0) is 4.74 Å². The smallest absolute Gasteiger partial charge is 0.339 e. The largest absolute Gasteiger partial charge is 0.454 e. The molecule has 0 saturated carbocycles. The van der Waals surface area contributed by atoms with Crippen LogP contribution in [0.4, 0.5) is 0 Å². The van der Waals surface area contributed by atoms with Gasteiger partial charge in [-0.3, -0.25) is 4.79 Å². The van der Waals surface area contributed by atoms with Gasteiger partial charge in [-0.1, -0.05) is 46.3 Å². The highest BCUT2D eigenvalue weighted by atomic mass is 79.9. The van der Waals surface area contributed by atoms with Crippen LogP contribution in [0.5, 0.6) is 0 Å². The van der Waals surface area contributed by atoms with E-state index < -0.39 is 5.97 Å². The van der Waals surface area contributed by atoms with Crippen LogP contribution in [0.15, 0.2) is 57.9 Å². The number of hydrogen-bond donors (Lipinski definition) is 0. The van der Waals surface area contributed by atoms with Crippen molar-refractivity contribution >= 4 is 39.4 Å². The second kappa shape index (κ2) is 7.43. The van der Waals surface area contributed by atoms with Gasteiger partial charge in [0.1, 0.15) is 0 Å². The number of carbonyl (C=O) groups excluding carboxylic acids is 2. The molecule has 2 rings (SSSR count). The predicted octanol–water partition coefficient (Wildman–Crippen LogP) is 4.21. The summed E-state index contributed by atoms with van der Waals surface area (Å²) in [5, 5.41) is 0. The fourth-order valence-electron chi connectivity index (χ4n) is 1.79. The zero-order valence-electron chi connectivity index (χ0n) is 11.3. The van der Waals surface area contributed by atoms with Gasteiger partial charge in [-0.2, -0.15) is 0 Å². The normalized spacial score (nSPS) is 10.2. The summed E-state index contributed by atoms with van der Waals surface area (Å²) in [6, 6.07) is 14.2. The number of esters is 1. The lowest BCUT2D eigenvalue weighted by Crippen LogP contribution is -2.15. The number of benzene rings is 2. The van der Waals surface area contributed by atoms with Gasteiger partial charge in [-0.25, -0.2) is 4.79 Å². The van der Waals surface area contributed by atoms with E-state index in [1.165, 1.54) is 11.8 Å². The Balaban J connectivity index is 2.05. The molecule has 0 radical (unpaired) electrons. The molecule has 0 spiro atoms. The maximum atomic E-state index is 12.0. The molecule has 0 aliphatic rings. The van der Waals surface area contributed by atoms with E-state index in [0.717, 1.165) is 4.90 Å². The molecule has 108 valence electrons. The Morgan fingerprint density at radius 1 is 1.05 bits per heavy atom. The molecule has 2 aromatic carbocycles. The third kappa shape index (κ3) is 3.95. The minimum Gasteiger partial charge on any atom is -0.454 e. The van der Waals surface area contributed by atoms with Crippen molar-refractivity contribution < 1.29 is 14.3 Å². The van der Waals surface area contributed by atoms with Gasteiger partial charge in [-0.15, -0.1) is 11.8 Å². The summed E-state index contributed by atoms with van der Waals surface area (Å²) < 4.78 is 5.81. The van der Waals surface area contributed by atoms with Crippen LogP contribution < -0.4 is 0 Å². The number of hydrogen-bond acceptors (Lipinski definition) is 4. The number of ether oxygens (including phenoxy) is 1. The lowest BCUT2D eigenvalue weighted by atomic mass is 10.1. The lowest BCUT2D eigenvalue weighted by Gasteiger charge is -2.08. The minimum atomic E-state index is -0.486. The van der Waals surface area contributed by atoms with Crippen molar-refractivity contribution in [2.75, 3.05) is 12.9 Å². The van der Waals surface area contributed by atoms with Crippen LogP contribution in [0.25, 0.3) is 0 Å². The maximum absolute atomic E-state index is 12.0. The highest BCUT2D eigenvalue weighted by Crippen LogP contribution is 2.21.